The summed E-state index contributed by atoms with van der Waals surface area (Å²) in [5.41, 5.74) is 0. The maximum absolute atomic E-state index is 11.3. The molecule has 1 atom stereocenters. The zero-order valence-electron chi connectivity index (χ0n) is 10.5. The van der Waals surface area contributed by atoms with Crippen molar-refractivity contribution in [3.05, 3.63) is 0 Å². The SMILES string of the molecule is CCCCCCCCC(C(=O)O)C(=O)CC. The predicted octanol–water partition coefficient (Wildman–Crippen LogP) is 3.42. The van der Waals surface area contributed by atoms with Crippen molar-refractivity contribution < 1.29 is 14.7 Å². The standard InChI is InChI=1S/C13H24O3/c1-3-5-6-7-8-9-10-11(13(15)16)12(14)4-2/h11H,3-10H2,1-2H3,(H,15,16). The minimum atomic E-state index is -0.958. The highest BCUT2D eigenvalue weighted by Gasteiger charge is 2.23. The number of rotatable bonds is 10. The van der Waals surface area contributed by atoms with Gasteiger partial charge in [-0.1, -0.05) is 52.4 Å². The number of carboxylic acid groups (broad SMARTS) is 1. The summed E-state index contributed by atoms with van der Waals surface area (Å²) >= 11 is 0. The molecule has 0 aliphatic rings. The Labute approximate surface area is 98.2 Å². The second-order valence-corrected chi connectivity index (χ2v) is 4.27. The molecule has 0 aliphatic carbocycles. The van der Waals surface area contributed by atoms with Gasteiger partial charge in [-0.2, -0.15) is 0 Å². The Morgan fingerprint density at radius 3 is 2.06 bits per heavy atom. The van der Waals surface area contributed by atoms with Crippen molar-refractivity contribution in [1.29, 1.82) is 0 Å². The highest BCUT2D eigenvalue weighted by molar-refractivity contribution is 5.97. The number of Topliss-reactive ketones (excluding diaryl/α,β-unsaturated/α-hetero) is 1. The molecule has 0 bridgehead atoms. The number of carbonyl (C=O) groups excluding carboxylic acids is 1. The molecular weight excluding hydrogens is 204 g/mol. The van der Waals surface area contributed by atoms with Crippen LogP contribution >= 0.6 is 0 Å². The first-order chi connectivity index (χ1) is 7.63. The van der Waals surface area contributed by atoms with Crippen molar-refractivity contribution in [3.8, 4) is 0 Å². The second-order valence-electron chi connectivity index (χ2n) is 4.27. The third kappa shape index (κ3) is 6.59. The molecule has 0 saturated carbocycles. The summed E-state index contributed by atoms with van der Waals surface area (Å²) in [6.45, 7) is 3.89. The zero-order valence-corrected chi connectivity index (χ0v) is 10.5. The number of aliphatic carboxylic acids is 1. The normalized spacial score (nSPS) is 12.4. The van der Waals surface area contributed by atoms with Gasteiger partial charge < -0.3 is 5.11 Å². The summed E-state index contributed by atoms with van der Waals surface area (Å²) in [6, 6.07) is 0. The molecule has 0 aliphatic heterocycles. The molecule has 0 aromatic heterocycles. The molecule has 16 heavy (non-hydrogen) atoms. The number of hydrogen-bond donors (Lipinski definition) is 1. The van der Waals surface area contributed by atoms with E-state index < -0.39 is 11.9 Å². The molecule has 3 nitrogen and oxygen atoms in total. The lowest BCUT2D eigenvalue weighted by Crippen LogP contribution is -2.23. The van der Waals surface area contributed by atoms with Crippen LogP contribution in [-0.2, 0) is 9.59 Å². The smallest absolute Gasteiger partial charge is 0.314 e. The number of carbonyl (C=O) groups is 2. The van der Waals surface area contributed by atoms with Crippen LogP contribution in [-0.4, -0.2) is 16.9 Å². The third-order valence-corrected chi connectivity index (χ3v) is 2.88. The highest BCUT2D eigenvalue weighted by Crippen LogP contribution is 2.14. The lowest BCUT2D eigenvalue weighted by atomic mass is 9.95. The summed E-state index contributed by atoms with van der Waals surface area (Å²) in [4.78, 5) is 22.2. The fourth-order valence-electron chi connectivity index (χ4n) is 1.80. The van der Waals surface area contributed by atoms with E-state index >= 15 is 0 Å². The molecule has 0 heterocycles. The first kappa shape index (κ1) is 15.1. The summed E-state index contributed by atoms with van der Waals surface area (Å²) in [7, 11) is 0. The fraction of sp³-hybridized carbons (Fsp3) is 0.846. The Morgan fingerprint density at radius 2 is 1.56 bits per heavy atom. The van der Waals surface area contributed by atoms with Gasteiger partial charge in [0.15, 0.2) is 0 Å². The van der Waals surface area contributed by atoms with E-state index in [1.54, 1.807) is 6.92 Å². The third-order valence-electron chi connectivity index (χ3n) is 2.88. The van der Waals surface area contributed by atoms with Crippen LogP contribution in [0.25, 0.3) is 0 Å². The van der Waals surface area contributed by atoms with Crippen LogP contribution in [0.3, 0.4) is 0 Å². The molecule has 0 spiro atoms. The summed E-state index contributed by atoms with van der Waals surface area (Å²) in [5.74, 6) is -1.86. The molecule has 3 heteroatoms. The van der Waals surface area contributed by atoms with E-state index in [4.69, 9.17) is 5.11 Å². The van der Waals surface area contributed by atoms with E-state index in [0.29, 0.717) is 12.8 Å². The Balaban J connectivity index is 3.69. The Bertz CT molecular complexity index is 211. The van der Waals surface area contributed by atoms with Crippen LogP contribution in [0.5, 0.6) is 0 Å². The highest BCUT2D eigenvalue weighted by atomic mass is 16.4. The minimum Gasteiger partial charge on any atom is -0.481 e. The van der Waals surface area contributed by atoms with Gasteiger partial charge in [0.2, 0.25) is 0 Å². The van der Waals surface area contributed by atoms with Gasteiger partial charge in [0.25, 0.3) is 0 Å². The predicted molar refractivity (Wildman–Crippen MR) is 64.4 cm³/mol. The van der Waals surface area contributed by atoms with Crippen LogP contribution in [0, 0.1) is 5.92 Å². The number of carboxylic acids is 1. The quantitative estimate of drug-likeness (QED) is 0.460. The van der Waals surface area contributed by atoms with E-state index in [1.807, 2.05) is 0 Å². The number of unbranched alkanes of at least 4 members (excludes halogenated alkanes) is 5. The van der Waals surface area contributed by atoms with E-state index in [0.717, 1.165) is 19.3 Å². The first-order valence-corrected chi connectivity index (χ1v) is 6.39. The van der Waals surface area contributed by atoms with Crippen molar-refractivity contribution >= 4 is 11.8 Å². The summed E-state index contributed by atoms with van der Waals surface area (Å²) in [5, 5.41) is 8.89. The van der Waals surface area contributed by atoms with Gasteiger partial charge in [-0.15, -0.1) is 0 Å². The summed E-state index contributed by atoms with van der Waals surface area (Å²) < 4.78 is 0. The second kappa shape index (κ2) is 9.37. The molecule has 0 aromatic rings. The molecule has 0 rings (SSSR count). The first-order valence-electron chi connectivity index (χ1n) is 6.39. The number of ketones is 1. The van der Waals surface area contributed by atoms with Crippen molar-refractivity contribution in [2.75, 3.05) is 0 Å². The Kier molecular flexibility index (Phi) is 8.87. The van der Waals surface area contributed by atoms with Gasteiger partial charge in [-0.05, 0) is 6.42 Å². The average Bonchev–Trinajstić information content (AvgIpc) is 2.26. The Hall–Kier alpha value is -0.860. The van der Waals surface area contributed by atoms with Gasteiger partial charge in [-0.3, -0.25) is 9.59 Å². The monoisotopic (exact) mass is 228 g/mol. The van der Waals surface area contributed by atoms with E-state index in [2.05, 4.69) is 6.92 Å². The maximum atomic E-state index is 11.3. The van der Waals surface area contributed by atoms with Crippen molar-refractivity contribution in [2.45, 2.75) is 65.2 Å². The van der Waals surface area contributed by atoms with Crippen LogP contribution in [0.4, 0.5) is 0 Å². The topological polar surface area (TPSA) is 54.4 Å². The van der Waals surface area contributed by atoms with Crippen molar-refractivity contribution in [2.24, 2.45) is 5.92 Å². The van der Waals surface area contributed by atoms with Crippen molar-refractivity contribution in [3.63, 3.8) is 0 Å². The molecule has 0 saturated heterocycles. The van der Waals surface area contributed by atoms with Crippen LogP contribution in [0.2, 0.25) is 0 Å². The molecular formula is C13H24O3. The molecule has 0 aromatic carbocycles. The van der Waals surface area contributed by atoms with Crippen molar-refractivity contribution in [1.82, 2.24) is 0 Å². The average molecular weight is 228 g/mol. The van der Waals surface area contributed by atoms with Gasteiger partial charge in [0.1, 0.15) is 11.7 Å². The lowest BCUT2D eigenvalue weighted by Gasteiger charge is -2.09. The lowest BCUT2D eigenvalue weighted by molar-refractivity contribution is -0.146. The maximum Gasteiger partial charge on any atom is 0.314 e. The zero-order chi connectivity index (χ0) is 12.4. The van der Waals surface area contributed by atoms with Gasteiger partial charge in [-0.25, -0.2) is 0 Å². The van der Waals surface area contributed by atoms with E-state index in [-0.39, 0.29) is 5.78 Å². The van der Waals surface area contributed by atoms with Gasteiger partial charge >= 0.3 is 5.97 Å². The van der Waals surface area contributed by atoms with Crippen LogP contribution < -0.4 is 0 Å². The molecule has 1 N–H and O–H groups in total. The van der Waals surface area contributed by atoms with Gasteiger partial charge in [0, 0.05) is 6.42 Å². The molecule has 0 fully saturated rings. The molecule has 1 unspecified atom stereocenters. The molecule has 0 amide bonds. The molecule has 94 valence electrons. The van der Waals surface area contributed by atoms with Gasteiger partial charge in [0.05, 0.1) is 0 Å². The number of hydrogen-bond acceptors (Lipinski definition) is 2. The Morgan fingerprint density at radius 1 is 1.00 bits per heavy atom. The van der Waals surface area contributed by atoms with E-state index in [9.17, 15) is 9.59 Å². The minimum absolute atomic E-state index is 0.138. The summed E-state index contributed by atoms with van der Waals surface area (Å²) in [6.07, 6.45) is 7.56. The van der Waals surface area contributed by atoms with Crippen LogP contribution in [0.1, 0.15) is 65.2 Å². The largest absolute Gasteiger partial charge is 0.481 e. The van der Waals surface area contributed by atoms with Crippen LogP contribution in [0.15, 0.2) is 0 Å². The fourth-order valence-corrected chi connectivity index (χ4v) is 1.80. The molecule has 0 radical (unpaired) electrons. The van der Waals surface area contributed by atoms with E-state index in [1.165, 1.54) is 19.3 Å².